The van der Waals surface area contributed by atoms with Crippen LogP contribution in [0.25, 0.3) is 10.2 Å². The van der Waals surface area contributed by atoms with Crippen molar-refractivity contribution in [1.29, 1.82) is 0 Å². The molecule has 0 saturated carbocycles. The van der Waals surface area contributed by atoms with Crippen molar-refractivity contribution in [3.05, 3.63) is 22.5 Å². The highest BCUT2D eigenvalue weighted by atomic mass is 32.1. The third kappa shape index (κ3) is 1.46. The Morgan fingerprint density at radius 1 is 1.19 bits per heavy atom. The van der Waals surface area contributed by atoms with Gasteiger partial charge >= 0.3 is 0 Å². The second kappa shape index (κ2) is 3.81. The predicted molar refractivity (Wildman–Crippen MR) is 68.1 cm³/mol. The standard InChI is InChI=1S/C13H16N2S/c1-8(2)12-11-9-5-3-4-6-10(9)16-13(11)15-7-14-12/h7-8H,3-6H2,1-2H3. The van der Waals surface area contributed by atoms with Crippen molar-refractivity contribution in [2.75, 3.05) is 0 Å². The molecule has 0 amide bonds. The van der Waals surface area contributed by atoms with Crippen molar-refractivity contribution in [1.82, 2.24) is 9.97 Å². The number of aryl methyl sites for hydroxylation is 2. The fourth-order valence-corrected chi connectivity index (χ4v) is 3.79. The summed E-state index contributed by atoms with van der Waals surface area (Å²) in [7, 11) is 0. The van der Waals surface area contributed by atoms with Crippen LogP contribution in [0.15, 0.2) is 6.33 Å². The monoisotopic (exact) mass is 232 g/mol. The molecule has 2 aromatic heterocycles. The summed E-state index contributed by atoms with van der Waals surface area (Å²) >= 11 is 1.88. The summed E-state index contributed by atoms with van der Waals surface area (Å²) in [5.41, 5.74) is 2.79. The summed E-state index contributed by atoms with van der Waals surface area (Å²) in [6.07, 6.45) is 6.85. The van der Waals surface area contributed by atoms with Crippen LogP contribution >= 0.6 is 11.3 Å². The Morgan fingerprint density at radius 3 is 2.81 bits per heavy atom. The zero-order chi connectivity index (χ0) is 11.1. The Kier molecular flexibility index (Phi) is 2.43. The third-order valence-corrected chi connectivity index (χ3v) is 4.53. The second-order valence-corrected chi connectivity index (χ2v) is 5.89. The van der Waals surface area contributed by atoms with Gasteiger partial charge in [-0.2, -0.15) is 0 Å². The number of fused-ring (bicyclic) bond motifs is 3. The van der Waals surface area contributed by atoms with Crippen molar-refractivity contribution in [3.63, 3.8) is 0 Å². The lowest BCUT2D eigenvalue weighted by atomic mass is 9.94. The average molecular weight is 232 g/mol. The third-order valence-electron chi connectivity index (χ3n) is 3.33. The largest absolute Gasteiger partial charge is 0.240 e. The molecule has 2 aromatic rings. The smallest absolute Gasteiger partial charge is 0.127 e. The highest BCUT2D eigenvalue weighted by Crippen LogP contribution is 2.37. The van der Waals surface area contributed by atoms with Gasteiger partial charge in [-0.25, -0.2) is 9.97 Å². The summed E-state index contributed by atoms with van der Waals surface area (Å²) in [4.78, 5) is 11.7. The minimum Gasteiger partial charge on any atom is -0.240 e. The topological polar surface area (TPSA) is 25.8 Å². The van der Waals surface area contributed by atoms with Gasteiger partial charge in [0.05, 0.1) is 5.69 Å². The molecule has 0 spiro atoms. The summed E-state index contributed by atoms with van der Waals surface area (Å²) in [6.45, 7) is 4.43. The van der Waals surface area contributed by atoms with Gasteiger partial charge in [0.25, 0.3) is 0 Å². The quantitative estimate of drug-likeness (QED) is 0.749. The maximum Gasteiger partial charge on any atom is 0.127 e. The molecule has 3 rings (SSSR count). The van der Waals surface area contributed by atoms with Gasteiger partial charge in [-0.1, -0.05) is 13.8 Å². The Hall–Kier alpha value is -0.960. The first-order chi connectivity index (χ1) is 7.77. The summed E-state index contributed by atoms with van der Waals surface area (Å²) in [5, 5.41) is 1.37. The molecule has 0 N–H and O–H groups in total. The fourth-order valence-electron chi connectivity index (χ4n) is 2.55. The number of aromatic nitrogens is 2. The van der Waals surface area contributed by atoms with E-state index in [1.54, 1.807) is 16.8 Å². The van der Waals surface area contributed by atoms with Crippen LogP contribution in [0.3, 0.4) is 0 Å². The molecule has 0 aliphatic heterocycles. The van der Waals surface area contributed by atoms with Gasteiger partial charge in [-0.3, -0.25) is 0 Å². The molecule has 3 heteroatoms. The first-order valence-electron chi connectivity index (χ1n) is 6.02. The molecule has 0 aromatic carbocycles. The van der Waals surface area contributed by atoms with E-state index in [9.17, 15) is 0 Å². The van der Waals surface area contributed by atoms with E-state index in [1.807, 2.05) is 11.3 Å². The van der Waals surface area contributed by atoms with Gasteiger partial charge in [0, 0.05) is 10.3 Å². The van der Waals surface area contributed by atoms with Gasteiger partial charge in [0.2, 0.25) is 0 Å². The van der Waals surface area contributed by atoms with E-state index >= 15 is 0 Å². The van der Waals surface area contributed by atoms with Crippen LogP contribution < -0.4 is 0 Å². The van der Waals surface area contributed by atoms with Crippen molar-refractivity contribution in [3.8, 4) is 0 Å². The minimum absolute atomic E-state index is 0.492. The molecule has 0 fully saturated rings. The van der Waals surface area contributed by atoms with Gasteiger partial charge < -0.3 is 0 Å². The molecule has 1 aliphatic rings. The maximum absolute atomic E-state index is 4.48. The van der Waals surface area contributed by atoms with E-state index in [2.05, 4.69) is 23.8 Å². The zero-order valence-corrected chi connectivity index (χ0v) is 10.6. The lowest BCUT2D eigenvalue weighted by molar-refractivity contribution is 0.698. The van der Waals surface area contributed by atoms with Crippen LogP contribution in [0.1, 0.15) is 48.7 Å². The highest BCUT2D eigenvalue weighted by Gasteiger charge is 2.20. The molecule has 1 aliphatic carbocycles. The van der Waals surface area contributed by atoms with Gasteiger partial charge in [0.15, 0.2) is 0 Å². The number of hydrogen-bond donors (Lipinski definition) is 0. The van der Waals surface area contributed by atoms with Crippen LogP contribution in [0.5, 0.6) is 0 Å². The van der Waals surface area contributed by atoms with Crippen molar-refractivity contribution < 1.29 is 0 Å². The number of hydrogen-bond acceptors (Lipinski definition) is 3. The molecule has 16 heavy (non-hydrogen) atoms. The molecule has 0 radical (unpaired) electrons. The number of rotatable bonds is 1. The maximum atomic E-state index is 4.48. The number of nitrogens with zero attached hydrogens (tertiary/aromatic N) is 2. The average Bonchev–Trinajstić information content (AvgIpc) is 2.66. The molecule has 0 bridgehead atoms. The van der Waals surface area contributed by atoms with Crippen LogP contribution in [-0.4, -0.2) is 9.97 Å². The van der Waals surface area contributed by atoms with Gasteiger partial charge in [-0.15, -0.1) is 11.3 Å². The first kappa shape index (κ1) is 10.2. The van der Waals surface area contributed by atoms with E-state index in [0.717, 1.165) is 0 Å². The van der Waals surface area contributed by atoms with Crippen LogP contribution in [0.2, 0.25) is 0 Å². The SMILES string of the molecule is CC(C)c1ncnc2sc3c(c12)CCCC3. The Balaban J connectivity index is 2.32. The second-order valence-electron chi connectivity index (χ2n) is 4.80. The summed E-state index contributed by atoms with van der Waals surface area (Å²) in [5.74, 6) is 0.492. The van der Waals surface area contributed by atoms with Crippen molar-refractivity contribution >= 4 is 21.6 Å². The van der Waals surface area contributed by atoms with E-state index in [0.29, 0.717) is 5.92 Å². The molecule has 2 nitrogen and oxygen atoms in total. The minimum atomic E-state index is 0.492. The number of thiophene rings is 1. The first-order valence-corrected chi connectivity index (χ1v) is 6.84. The molecule has 0 saturated heterocycles. The van der Waals surface area contributed by atoms with E-state index in [-0.39, 0.29) is 0 Å². The molecule has 2 heterocycles. The van der Waals surface area contributed by atoms with E-state index in [1.165, 1.54) is 41.6 Å². The van der Waals surface area contributed by atoms with E-state index < -0.39 is 0 Å². The van der Waals surface area contributed by atoms with Crippen LogP contribution in [0.4, 0.5) is 0 Å². The van der Waals surface area contributed by atoms with Gasteiger partial charge in [-0.05, 0) is 37.2 Å². The molecule has 84 valence electrons. The summed E-state index contributed by atoms with van der Waals surface area (Å²) in [6, 6.07) is 0. The lowest BCUT2D eigenvalue weighted by Gasteiger charge is -2.12. The predicted octanol–water partition coefficient (Wildman–Crippen LogP) is 3.69. The normalized spacial score (nSPS) is 15.7. The molecule has 0 atom stereocenters. The van der Waals surface area contributed by atoms with Crippen molar-refractivity contribution in [2.24, 2.45) is 0 Å². The Morgan fingerprint density at radius 2 is 2.00 bits per heavy atom. The van der Waals surface area contributed by atoms with E-state index in [4.69, 9.17) is 0 Å². The zero-order valence-electron chi connectivity index (χ0n) is 9.79. The Labute approximate surface area is 99.7 Å². The van der Waals surface area contributed by atoms with Crippen molar-refractivity contribution in [2.45, 2.75) is 45.4 Å². The lowest BCUT2D eigenvalue weighted by Crippen LogP contribution is -2.01. The fraction of sp³-hybridized carbons (Fsp3) is 0.538. The molecule has 0 unspecified atom stereocenters. The highest BCUT2D eigenvalue weighted by molar-refractivity contribution is 7.18. The van der Waals surface area contributed by atoms with Gasteiger partial charge in [0.1, 0.15) is 11.2 Å². The molecular weight excluding hydrogens is 216 g/mol. The van der Waals surface area contributed by atoms with Crippen LogP contribution in [-0.2, 0) is 12.8 Å². The summed E-state index contributed by atoms with van der Waals surface area (Å²) < 4.78 is 0. The Bertz CT molecular complexity index is 528. The van der Waals surface area contributed by atoms with Crippen LogP contribution in [0, 0.1) is 0 Å². The molecular formula is C13H16N2S.